The van der Waals surface area contributed by atoms with Crippen LogP contribution in [-0.2, 0) is 9.53 Å². The van der Waals surface area contributed by atoms with E-state index in [1.54, 1.807) is 0 Å². The molecule has 0 radical (unpaired) electrons. The summed E-state index contributed by atoms with van der Waals surface area (Å²) in [5, 5.41) is 5.69. The van der Waals surface area contributed by atoms with Crippen molar-refractivity contribution in [3.05, 3.63) is 65.2 Å². The van der Waals surface area contributed by atoms with Gasteiger partial charge >= 0.3 is 12.1 Å². The van der Waals surface area contributed by atoms with Crippen molar-refractivity contribution in [3.63, 3.8) is 0 Å². The average molecular weight is 529 g/mol. The summed E-state index contributed by atoms with van der Waals surface area (Å²) in [5.41, 5.74) is 2.22. The highest BCUT2D eigenvalue weighted by Crippen LogP contribution is 2.30. The van der Waals surface area contributed by atoms with Gasteiger partial charge in [0.1, 0.15) is 24.3 Å². The minimum Gasteiger partial charge on any atom is -0.446 e. The first-order chi connectivity index (χ1) is 18.2. The second-order valence-electron chi connectivity index (χ2n) is 10.1. The van der Waals surface area contributed by atoms with Crippen molar-refractivity contribution in [2.75, 3.05) is 38.1 Å². The number of carbonyl (C=O) groups excluding carboxylic acids is 3. The Balaban J connectivity index is 1.21. The van der Waals surface area contributed by atoms with Crippen LogP contribution in [0, 0.1) is 17.6 Å². The van der Waals surface area contributed by atoms with Gasteiger partial charge in [-0.15, -0.1) is 0 Å². The van der Waals surface area contributed by atoms with Crippen LogP contribution in [0.3, 0.4) is 0 Å². The quantitative estimate of drug-likeness (QED) is 0.469. The van der Waals surface area contributed by atoms with Crippen molar-refractivity contribution < 1.29 is 27.9 Å². The number of carbonyl (C=O) groups is 3. The highest BCUT2D eigenvalue weighted by atomic mass is 19.1. The van der Waals surface area contributed by atoms with E-state index in [4.69, 9.17) is 4.74 Å². The van der Waals surface area contributed by atoms with Crippen LogP contribution >= 0.6 is 0 Å². The first kappa shape index (κ1) is 27.5. The first-order valence-corrected chi connectivity index (χ1v) is 13.0. The molecule has 2 aromatic rings. The molecule has 0 saturated carbocycles. The number of hydrogen-bond acceptors (Lipinski definition) is 5. The third-order valence-corrected chi connectivity index (χ3v) is 7.03. The van der Waals surface area contributed by atoms with Crippen molar-refractivity contribution in [1.29, 1.82) is 0 Å². The maximum Gasteiger partial charge on any atom is 0.418 e. The fourth-order valence-electron chi connectivity index (χ4n) is 4.89. The minimum absolute atomic E-state index is 0.00376. The highest BCUT2D eigenvalue weighted by molar-refractivity contribution is 5.93. The van der Waals surface area contributed by atoms with Gasteiger partial charge in [-0.25, -0.2) is 23.3 Å². The Kier molecular flexibility index (Phi) is 8.93. The summed E-state index contributed by atoms with van der Waals surface area (Å²) >= 11 is 0. The Morgan fingerprint density at radius 2 is 1.76 bits per heavy atom. The molecule has 0 aromatic heterocycles. The second-order valence-corrected chi connectivity index (χ2v) is 10.1. The lowest BCUT2D eigenvalue weighted by molar-refractivity contribution is -0.118. The number of benzene rings is 2. The molecule has 2 N–H and O–H groups in total. The number of ether oxygens (including phenoxy) is 1. The molecule has 0 spiro atoms. The number of hydrogen-bond donors (Lipinski definition) is 2. The molecular formula is C28H34F2N4O4. The molecule has 1 atom stereocenters. The van der Waals surface area contributed by atoms with Gasteiger partial charge in [0, 0.05) is 24.2 Å². The lowest BCUT2D eigenvalue weighted by Crippen LogP contribution is -2.43. The molecule has 2 aromatic carbocycles. The van der Waals surface area contributed by atoms with Crippen LogP contribution < -0.4 is 10.6 Å². The molecule has 2 heterocycles. The van der Waals surface area contributed by atoms with Crippen molar-refractivity contribution in [2.24, 2.45) is 5.92 Å². The third-order valence-electron chi connectivity index (χ3n) is 7.03. The Labute approximate surface area is 221 Å². The number of halogens is 2. The van der Waals surface area contributed by atoms with Gasteiger partial charge in [-0.2, -0.15) is 0 Å². The molecule has 4 amide bonds. The highest BCUT2D eigenvalue weighted by Gasteiger charge is 2.39. The van der Waals surface area contributed by atoms with E-state index in [0.29, 0.717) is 18.9 Å². The van der Waals surface area contributed by atoms with E-state index in [-0.39, 0.29) is 24.0 Å². The van der Waals surface area contributed by atoms with Crippen molar-refractivity contribution in [3.8, 4) is 0 Å². The molecule has 2 aliphatic heterocycles. The largest absolute Gasteiger partial charge is 0.446 e. The molecule has 8 nitrogen and oxygen atoms in total. The maximum absolute atomic E-state index is 13.6. The topological polar surface area (TPSA) is 91.0 Å². The maximum atomic E-state index is 13.6. The van der Waals surface area contributed by atoms with Gasteiger partial charge in [0.05, 0.1) is 0 Å². The molecule has 2 saturated heterocycles. The van der Waals surface area contributed by atoms with E-state index in [9.17, 15) is 23.2 Å². The van der Waals surface area contributed by atoms with E-state index in [1.807, 2.05) is 26.0 Å². The van der Waals surface area contributed by atoms with Crippen LogP contribution in [0.1, 0.15) is 56.2 Å². The molecular weight excluding hydrogens is 494 g/mol. The van der Waals surface area contributed by atoms with Crippen LogP contribution in [0.4, 0.5) is 24.1 Å². The van der Waals surface area contributed by atoms with Crippen LogP contribution in [0.15, 0.2) is 42.5 Å². The molecule has 4 rings (SSSR count). The smallest absolute Gasteiger partial charge is 0.418 e. The average Bonchev–Trinajstić information content (AvgIpc) is 3.28. The zero-order chi connectivity index (χ0) is 27.2. The number of likely N-dealkylation sites (tertiary alicyclic amines) is 1. The van der Waals surface area contributed by atoms with Crippen LogP contribution in [-0.4, -0.2) is 60.6 Å². The number of nitrogens with zero attached hydrogens (tertiary/aromatic N) is 2. The molecule has 0 unspecified atom stereocenters. The Morgan fingerprint density at radius 1 is 1.05 bits per heavy atom. The lowest BCUT2D eigenvalue weighted by atomic mass is 9.89. The van der Waals surface area contributed by atoms with Crippen molar-refractivity contribution in [2.45, 2.75) is 45.1 Å². The van der Waals surface area contributed by atoms with E-state index in [1.165, 1.54) is 5.56 Å². The Morgan fingerprint density at radius 3 is 2.45 bits per heavy atom. The number of piperidine rings is 1. The molecule has 0 aliphatic carbocycles. The third kappa shape index (κ3) is 6.86. The standard InChI is InChI=1S/C28H34F2N4O4/c1-18(2)26(35)32-24-6-3-5-20(15-24)19-7-11-33(12-8-19)10-4-9-31-27(36)34-25(17-38-28(34)37)21-13-22(29)16-23(30)14-21/h3,5-6,13-16,18-19,25H,4,7-12,17H2,1-2H3,(H,31,36)(H,32,35)/t25-/m1/s1. The summed E-state index contributed by atoms with van der Waals surface area (Å²) in [7, 11) is 0. The zero-order valence-electron chi connectivity index (χ0n) is 21.7. The van der Waals surface area contributed by atoms with E-state index in [0.717, 1.165) is 61.3 Å². The van der Waals surface area contributed by atoms with Gasteiger partial charge in [-0.1, -0.05) is 26.0 Å². The zero-order valence-corrected chi connectivity index (χ0v) is 21.7. The summed E-state index contributed by atoms with van der Waals surface area (Å²) in [4.78, 5) is 40.0. The van der Waals surface area contributed by atoms with Gasteiger partial charge in [-0.3, -0.25) is 4.79 Å². The molecule has 2 fully saturated rings. The molecule has 2 aliphatic rings. The summed E-state index contributed by atoms with van der Waals surface area (Å²) in [5.74, 6) is -1.21. The van der Waals surface area contributed by atoms with Gasteiger partial charge in [-0.05, 0) is 80.2 Å². The minimum atomic E-state index is -0.885. The van der Waals surface area contributed by atoms with Gasteiger partial charge in [0.2, 0.25) is 5.91 Å². The SMILES string of the molecule is CC(C)C(=O)Nc1cccc(C2CCN(CCCNC(=O)N3C(=O)OC[C@@H]3c3cc(F)cc(F)c3)CC2)c1. The van der Waals surface area contributed by atoms with Crippen LogP contribution in [0.5, 0.6) is 0 Å². The Hall–Kier alpha value is -3.53. The van der Waals surface area contributed by atoms with Gasteiger partial charge in [0.25, 0.3) is 0 Å². The van der Waals surface area contributed by atoms with Gasteiger partial charge < -0.3 is 20.3 Å². The van der Waals surface area contributed by atoms with Crippen LogP contribution in [0.25, 0.3) is 0 Å². The fraction of sp³-hybridized carbons (Fsp3) is 0.464. The number of urea groups is 1. The van der Waals surface area contributed by atoms with Gasteiger partial charge in [0.15, 0.2) is 0 Å². The predicted octanol–water partition coefficient (Wildman–Crippen LogP) is 5.03. The van der Waals surface area contributed by atoms with E-state index >= 15 is 0 Å². The number of cyclic esters (lactones) is 1. The summed E-state index contributed by atoms with van der Waals surface area (Å²) < 4.78 is 32.2. The fourth-order valence-corrected chi connectivity index (χ4v) is 4.89. The molecule has 38 heavy (non-hydrogen) atoms. The summed E-state index contributed by atoms with van der Waals surface area (Å²) in [6.07, 6.45) is 1.85. The van der Waals surface area contributed by atoms with Crippen molar-refractivity contribution in [1.82, 2.24) is 15.1 Å². The number of amides is 4. The summed E-state index contributed by atoms with van der Waals surface area (Å²) in [6.45, 7) is 6.57. The van der Waals surface area contributed by atoms with Crippen molar-refractivity contribution >= 4 is 23.7 Å². The van der Waals surface area contributed by atoms with E-state index in [2.05, 4.69) is 27.7 Å². The number of rotatable bonds is 8. The van der Waals surface area contributed by atoms with E-state index < -0.39 is 29.8 Å². The second kappa shape index (κ2) is 12.3. The monoisotopic (exact) mass is 528 g/mol. The molecule has 10 heteroatoms. The molecule has 0 bridgehead atoms. The lowest BCUT2D eigenvalue weighted by Gasteiger charge is -2.32. The number of nitrogens with one attached hydrogen (secondary N) is 2. The Bertz CT molecular complexity index is 1150. The molecule has 204 valence electrons. The predicted molar refractivity (Wildman–Crippen MR) is 139 cm³/mol. The number of anilines is 1. The van der Waals surface area contributed by atoms with Crippen LogP contribution in [0.2, 0.25) is 0 Å². The number of imide groups is 1. The first-order valence-electron chi connectivity index (χ1n) is 13.0. The summed E-state index contributed by atoms with van der Waals surface area (Å²) in [6, 6.07) is 9.45. The normalized spacial score (nSPS) is 18.5.